The fraction of sp³-hybridized carbons (Fsp3) is 0.700. The summed E-state index contributed by atoms with van der Waals surface area (Å²) in [4.78, 5) is 0. The van der Waals surface area contributed by atoms with E-state index in [-0.39, 0.29) is 6.10 Å². The molecule has 1 saturated carbocycles. The van der Waals surface area contributed by atoms with E-state index in [0.29, 0.717) is 18.0 Å². The van der Waals surface area contributed by atoms with Gasteiger partial charge in [0.15, 0.2) is 0 Å². The second-order valence-electron chi connectivity index (χ2n) is 6.92. The Morgan fingerprint density at radius 2 is 1.60 bits per heavy atom. The Morgan fingerprint density at radius 1 is 1.04 bits per heavy atom. The van der Waals surface area contributed by atoms with Gasteiger partial charge in [0, 0.05) is 19.2 Å². The fourth-order valence-electron chi connectivity index (χ4n) is 3.76. The van der Waals surface area contributed by atoms with Gasteiger partial charge >= 0.3 is 0 Å². The highest BCUT2D eigenvalue weighted by Crippen LogP contribution is 2.50. The van der Waals surface area contributed by atoms with Gasteiger partial charge in [-0.25, -0.2) is 8.78 Å². The molecule has 0 radical (unpaired) electrons. The molecule has 2 nitrogen and oxygen atoms in total. The number of rotatable bonds is 10. The Labute approximate surface area is 153 Å². The van der Waals surface area contributed by atoms with E-state index in [1.807, 2.05) is 0 Å². The van der Waals surface area contributed by atoms with Crippen LogP contribution in [0.25, 0.3) is 0 Å². The zero-order chi connectivity index (χ0) is 18.3. The first-order chi connectivity index (χ1) is 12.0. The van der Waals surface area contributed by atoms with E-state index in [1.54, 1.807) is 0 Å². The predicted molar refractivity (Wildman–Crippen MR) is 104 cm³/mol. The van der Waals surface area contributed by atoms with Gasteiger partial charge in [0.05, 0.1) is 6.10 Å². The minimum atomic E-state index is -1.02. The van der Waals surface area contributed by atoms with Gasteiger partial charge in [0.25, 0.3) is 0 Å². The third-order valence-corrected chi connectivity index (χ3v) is 9.24. The maximum Gasteiger partial charge on any atom is 0.126 e. The molecule has 1 aliphatic rings. The van der Waals surface area contributed by atoms with Gasteiger partial charge in [-0.15, -0.1) is 10.3 Å². The van der Waals surface area contributed by atoms with Crippen molar-refractivity contribution in [1.29, 1.82) is 0 Å². The maximum atomic E-state index is 13.3. The van der Waals surface area contributed by atoms with Gasteiger partial charge in [-0.3, -0.25) is 0 Å². The van der Waals surface area contributed by atoms with Crippen molar-refractivity contribution >= 4 is 10.3 Å². The van der Waals surface area contributed by atoms with Crippen LogP contribution in [0.3, 0.4) is 0 Å². The summed E-state index contributed by atoms with van der Waals surface area (Å²) in [5.41, 5.74) is 0.641. The van der Waals surface area contributed by atoms with Gasteiger partial charge in [-0.2, -0.15) is 0 Å². The second kappa shape index (κ2) is 9.89. The largest absolute Gasteiger partial charge is 0.332 e. The number of hydrogen-bond acceptors (Lipinski definition) is 2. The molecule has 0 aliphatic heterocycles. The summed E-state index contributed by atoms with van der Waals surface area (Å²) in [5.74, 6) is 2.85. The summed E-state index contributed by atoms with van der Waals surface area (Å²) in [5, 5.41) is 3.38. The molecule has 144 valence electrons. The molecule has 2 rings (SSSR count). The van der Waals surface area contributed by atoms with Crippen LogP contribution in [0.1, 0.15) is 52.0 Å². The van der Waals surface area contributed by atoms with Crippen molar-refractivity contribution in [2.24, 2.45) is 5.92 Å². The normalized spacial score (nSPS) is 17.8. The molecule has 25 heavy (non-hydrogen) atoms. The van der Waals surface area contributed by atoms with Crippen LogP contribution in [-0.4, -0.2) is 29.9 Å². The van der Waals surface area contributed by atoms with Crippen molar-refractivity contribution in [2.45, 2.75) is 59.1 Å². The minimum Gasteiger partial charge on any atom is -0.332 e. The molecule has 1 atom stereocenters. The monoisotopic (exact) mass is 373 g/mol. The first-order valence-corrected chi connectivity index (χ1v) is 11.7. The molecule has 0 aromatic heterocycles. The predicted octanol–water partition coefficient (Wildman–Crippen LogP) is 5.41. The van der Waals surface area contributed by atoms with E-state index in [9.17, 15) is 8.78 Å². The number of hydrogen-bond donors (Lipinski definition) is 1. The van der Waals surface area contributed by atoms with Crippen molar-refractivity contribution in [2.75, 3.05) is 23.8 Å². The van der Waals surface area contributed by atoms with E-state index in [1.165, 1.54) is 37.8 Å². The van der Waals surface area contributed by atoms with Crippen LogP contribution < -0.4 is 5.32 Å². The lowest BCUT2D eigenvalue weighted by Crippen LogP contribution is -2.36. The molecule has 0 bridgehead atoms. The van der Waals surface area contributed by atoms with Gasteiger partial charge < -0.3 is 9.50 Å². The summed E-state index contributed by atoms with van der Waals surface area (Å²) in [6.07, 6.45) is 5.23. The maximum absolute atomic E-state index is 13.3. The zero-order valence-electron chi connectivity index (χ0n) is 15.8. The highest BCUT2D eigenvalue weighted by atomic mass is 32.3. The van der Waals surface area contributed by atoms with Crippen molar-refractivity contribution in [3.05, 3.63) is 35.4 Å². The van der Waals surface area contributed by atoms with Crippen LogP contribution in [0.2, 0.25) is 0 Å². The molecule has 1 aliphatic carbocycles. The number of benzene rings is 1. The Kier molecular flexibility index (Phi) is 8.17. The van der Waals surface area contributed by atoms with Crippen LogP contribution in [0.5, 0.6) is 0 Å². The van der Waals surface area contributed by atoms with Crippen LogP contribution in [0.4, 0.5) is 8.78 Å². The first-order valence-electron chi connectivity index (χ1n) is 9.62. The molecule has 0 heterocycles. The third kappa shape index (κ3) is 5.93. The second-order valence-corrected chi connectivity index (χ2v) is 10.8. The number of halogens is 2. The SMILES string of the molecule is CCS(CC)(CC)OC(CNCc1cc(F)cc(F)c1)C1CCCC1. The first kappa shape index (κ1) is 20.7. The fourth-order valence-corrected chi connectivity index (χ4v) is 6.14. The lowest BCUT2D eigenvalue weighted by molar-refractivity contribution is 0.152. The summed E-state index contributed by atoms with van der Waals surface area (Å²) in [6, 6.07) is 3.69. The van der Waals surface area contributed by atoms with Crippen LogP contribution in [0.15, 0.2) is 18.2 Å². The quantitative estimate of drug-likeness (QED) is 0.592. The molecular weight excluding hydrogens is 340 g/mol. The van der Waals surface area contributed by atoms with Crippen molar-refractivity contribution < 1.29 is 13.0 Å². The number of nitrogens with one attached hydrogen (secondary N) is 1. The lowest BCUT2D eigenvalue weighted by atomic mass is 10.0. The summed E-state index contributed by atoms with van der Waals surface area (Å²) in [7, 11) is -1.02. The van der Waals surface area contributed by atoms with E-state index < -0.39 is 21.9 Å². The Bertz CT molecular complexity index is 502. The molecule has 1 aromatic rings. The topological polar surface area (TPSA) is 21.3 Å². The molecule has 0 saturated heterocycles. The summed E-state index contributed by atoms with van der Waals surface area (Å²) in [6.45, 7) is 7.91. The highest BCUT2D eigenvalue weighted by molar-refractivity contribution is 8.29. The Morgan fingerprint density at radius 3 is 2.12 bits per heavy atom. The van der Waals surface area contributed by atoms with Crippen molar-refractivity contribution in [3.63, 3.8) is 0 Å². The van der Waals surface area contributed by atoms with Crippen LogP contribution >= 0.6 is 10.3 Å². The van der Waals surface area contributed by atoms with Gasteiger partial charge in [-0.05, 0) is 53.7 Å². The van der Waals surface area contributed by atoms with Crippen molar-refractivity contribution in [3.8, 4) is 0 Å². The Balaban J connectivity index is 1.98. The standard InChI is InChI=1S/C20H33F2NOS/c1-4-25(5-2,6-3)24-20(17-9-7-8-10-17)15-23-14-16-11-18(21)13-19(22)12-16/h11-13,17,20,23H,4-10,14-15H2,1-3H3. The van der Waals surface area contributed by atoms with Crippen LogP contribution in [-0.2, 0) is 10.7 Å². The molecule has 1 aromatic carbocycles. The van der Waals surface area contributed by atoms with Gasteiger partial charge in [-0.1, -0.05) is 33.6 Å². The molecule has 1 fully saturated rings. The molecule has 1 N–H and O–H groups in total. The van der Waals surface area contributed by atoms with Gasteiger partial charge in [0.2, 0.25) is 0 Å². The lowest BCUT2D eigenvalue weighted by Gasteiger charge is -2.42. The summed E-state index contributed by atoms with van der Waals surface area (Å²) < 4.78 is 33.4. The van der Waals surface area contributed by atoms with E-state index in [4.69, 9.17) is 4.18 Å². The minimum absolute atomic E-state index is 0.204. The molecular formula is C20H33F2NOS. The van der Waals surface area contributed by atoms with Crippen molar-refractivity contribution in [1.82, 2.24) is 5.32 Å². The Hall–Kier alpha value is -0.650. The smallest absolute Gasteiger partial charge is 0.126 e. The third-order valence-electron chi connectivity index (χ3n) is 5.43. The summed E-state index contributed by atoms with van der Waals surface area (Å²) >= 11 is 0. The van der Waals surface area contributed by atoms with E-state index in [0.717, 1.165) is 29.9 Å². The highest BCUT2D eigenvalue weighted by Gasteiger charge is 2.31. The zero-order valence-corrected chi connectivity index (χ0v) is 16.6. The molecule has 1 unspecified atom stereocenters. The average molecular weight is 374 g/mol. The molecule has 0 spiro atoms. The van der Waals surface area contributed by atoms with E-state index >= 15 is 0 Å². The van der Waals surface area contributed by atoms with Crippen LogP contribution in [0, 0.1) is 17.6 Å². The van der Waals surface area contributed by atoms with E-state index in [2.05, 4.69) is 26.1 Å². The molecule has 0 amide bonds. The van der Waals surface area contributed by atoms with Gasteiger partial charge in [0.1, 0.15) is 11.6 Å². The average Bonchev–Trinajstić information content (AvgIpc) is 3.12. The molecule has 5 heteroatoms.